The number of hydrogen-bond acceptors (Lipinski definition) is 2. The summed E-state index contributed by atoms with van der Waals surface area (Å²) in [6.07, 6.45) is 16.2. The van der Waals surface area contributed by atoms with Gasteiger partial charge in [0, 0.05) is 12.4 Å². The van der Waals surface area contributed by atoms with Gasteiger partial charge in [-0.15, -0.1) is 0 Å². The molecule has 0 radical (unpaired) electrons. The first kappa shape index (κ1) is 14.7. The van der Waals surface area contributed by atoms with Crippen molar-refractivity contribution in [3.8, 4) is 5.75 Å². The van der Waals surface area contributed by atoms with Gasteiger partial charge in [-0.2, -0.15) is 0 Å². The number of aromatic hydroxyl groups is 1. The van der Waals surface area contributed by atoms with E-state index in [0.29, 0.717) is 23.5 Å². The zero-order chi connectivity index (χ0) is 16.8. The van der Waals surface area contributed by atoms with E-state index in [4.69, 9.17) is 0 Å². The summed E-state index contributed by atoms with van der Waals surface area (Å²) >= 11 is 0. The molecule has 0 fully saturated rings. The van der Waals surface area contributed by atoms with Gasteiger partial charge in [-0.3, -0.25) is 4.98 Å². The molecule has 3 unspecified atom stereocenters. The molecule has 0 spiro atoms. The van der Waals surface area contributed by atoms with Crippen LogP contribution in [0, 0.1) is 5.92 Å². The molecule has 1 N–H and O–H groups in total. The van der Waals surface area contributed by atoms with Crippen LogP contribution in [-0.4, -0.2) is 10.1 Å². The molecule has 3 aliphatic rings. The molecule has 2 aromatic rings. The van der Waals surface area contributed by atoms with Crippen molar-refractivity contribution in [1.29, 1.82) is 0 Å². The van der Waals surface area contributed by atoms with Crippen LogP contribution in [0.5, 0.6) is 5.75 Å². The third-order valence-electron chi connectivity index (χ3n) is 6.03. The Morgan fingerprint density at radius 2 is 2.00 bits per heavy atom. The largest absolute Gasteiger partial charge is 0.508 e. The van der Waals surface area contributed by atoms with Crippen molar-refractivity contribution in [2.75, 3.05) is 0 Å². The van der Waals surface area contributed by atoms with Crippen LogP contribution < -0.4 is 0 Å². The second-order valence-electron chi connectivity index (χ2n) is 7.38. The van der Waals surface area contributed by atoms with Gasteiger partial charge >= 0.3 is 0 Å². The number of fused-ring (bicyclic) bond motifs is 3. The van der Waals surface area contributed by atoms with Crippen LogP contribution in [0.15, 0.2) is 78.2 Å². The van der Waals surface area contributed by atoms with Gasteiger partial charge in [0.2, 0.25) is 0 Å². The van der Waals surface area contributed by atoms with E-state index in [-0.39, 0.29) is 0 Å². The lowest BCUT2D eigenvalue weighted by Crippen LogP contribution is -2.24. The smallest absolute Gasteiger partial charge is 0.115 e. The van der Waals surface area contributed by atoms with Crippen LogP contribution >= 0.6 is 0 Å². The maximum atomic E-state index is 10.0. The number of aromatic nitrogens is 1. The highest BCUT2D eigenvalue weighted by Crippen LogP contribution is 2.53. The van der Waals surface area contributed by atoms with Gasteiger partial charge in [0.05, 0.1) is 0 Å². The molecule has 0 amide bonds. The van der Waals surface area contributed by atoms with Crippen LogP contribution in [0.25, 0.3) is 0 Å². The third kappa shape index (κ3) is 2.44. The van der Waals surface area contributed by atoms with Gasteiger partial charge in [0.1, 0.15) is 5.75 Å². The standard InChI is InChI=1S/C23H21NO/c25-19-8-7-16-10-20(17-6-3-9-24-14-17)22-11-18(15-4-1-2-5-15)12-23(22)21(16)13-19/h1-4,6-9,11,13-14,20,22-23,25H,5,10,12H2. The van der Waals surface area contributed by atoms with E-state index < -0.39 is 0 Å². The molecule has 124 valence electrons. The fourth-order valence-corrected chi connectivity index (χ4v) is 4.85. The Hall–Kier alpha value is -2.61. The van der Waals surface area contributed by atoms with Crippen molar-refractivity contribution in [3.63, 3.8) is 0 Å². The zero-order valence-electron chi connectivity index (χ0n) is 14.1. The summed E-state index contributed by atoms with van der Waals surface area (Å²) in [4.78, 5) is 4.36. The minimum absolute atomic E-state index is 0.382. The number of pyridine rings is 1. The number of phenols is 1. The van der Waals surface area contributed by atoms with Crippen molar-refractivity contribution in [3.05, 3.63) is 94.9 Å². The first-order valence-electron chi connectivity index (χ1n) is 9.08. The van der Waals surface area contributed by atoms with E-state index in [1.165, 1.54) is 27.8 Å². The van der Waals surface area contributed by atoms with Gasteiger partial charge < -0.3 is 5.11 Å². The summed E-state index contributed by atoms with van der Waals surface area (Å²) in [7, 11) is 0. The van der Waals surface area contributed by atoms with Crippen molar-refractivity contribution < 1.29 is 5.11 Å². The molecule has 3 atom stereocenters. The van der Waals surface area contributed by atoms with Gasteiger partial charge in [-0.1, -0.05) is 36.4 Å². The molecule has 1 aromatic heterocycles. The average Bonchev–Trinajstić information content (AvgIpc) is 3.31. The normalized spacial score (nSPS) is 26.8. The highest BCUT2D eigenvalue weighted by Gasteiger charge is 2.40. The lowest BCUT2D eigenvalue weighted by atomic mass is 9.68. The average molecular weight is 327 g/mol. The lowest BCUT2D eigenvalue weighted by Gasteiger charge is -2.35. The summed E-state index contributed by atoms with van der Waals surface area (Å²) in [5, 5.41) is 10.0. The maximum absolute atomic E-state index is 10.0. The van der Waals surface area contributed by atoms with E-state index in [0.717, 1.165) is 19.3 Å². The van der Waals surface area contributed by atoms with Gasteiger partial charge in [-0.05, 0) is 83.1 Å². The Balaban J connectivity index is 1.60. The quantitative estimate of drug-likeness (QED) is 0.838. The monoisotopic (exact) mass is 327 g/mol. The number of nitrogens with zero attached hydrogens (tertiary/aromatic N) is 1. The van der Waals surface area contributed by atoms with E-state index >= 15 is 0 Å². The number of allylic oxidation sites excluding steroid dienone is 6. The molecule has 0 saturated carbocycles. The molecular weight excluding hydrogens is 306 g/mol. The van der Waals surface area contributed by atoms with E-state index in [1.54, 1.807) is 0 Å². The van der Waals surface area contributed by atoms with Crippen LogP contribution in [0.2, 0.25) is 0 Å². The summed E-state index contributed by atoms with van der Waals surface area (Å²) in [5.74, 6) is 1.78. The number of phenolic OH excluding ortho intramolecular Hbond substituents is 1. The number of benzene rings is 1. The van der Waals surface area contributed by atoms with Crippen molar-refractivity contribution in [2.45, 2.75) is 31.1 Å². The molecule has 5 rings (SSSR count). The Morgan fingerprint density at radius 1 is 1.04 bits per heavy atom. The Labute approximate surface area is 148 Å². The summed E-state index contributed by atoms with van der Waals surface area (Å²) in [6, 6.07) is 10.2. The predicted molar refractivity (Wildman–Crippen MR) is 99.6 cm³/mol. The number of rotatable bonds is 2. The van der Waals surface area contributed by atoms with E-state index in [2.05, 4.69) is 41.4 Å². The maximum Gasteiger partial charge on any atom is 0.115 e. The van der Waals surface area contributed by atoms with Crippen LogP contribution in [-0.2, 0) is 6.42 Å². The summed E-state index contributed by atoms with van der Waals surface area (Å²) in [6.45, 7) is 0. The molecule has 1 aromatic carbocycles. The molecule has 3 aliphatic carbocycles. The minimum atomic E-state index is 0.382. The van der Waals surface area contributed by atoms with E-state index in [1.807, 2.05) is 30.6 Å². The van der Waals surface area contributed by atoms with E-state index in [9.17, 15) is 5.11 Å². The van der Waals surface area contributed by atoms with Crippen molar-refractivity contribution in [1.82, 2.24) is 4.98 Å². The van der Waals surface area contributed by atoms with Crippen LogP contribution in [0.3, 0.4) is 0 Å². The third-order valence-corrected chi connectivity index (χ3v) is 6.03. The molecule has 2 nitrogen and oxygen atoms in total. The number of hydrogen-bond donors (Lipinski definition) is 1. The Bertz CT molecular complexity index is 907. The fraction of sp³-hybridized carbons (Fsp3) is 0.261. The second kappa shape index (κ2) is 5.73. The summed E-state index contributed by atoms with van der Waals surface area (Å²) < 4.78 is 0. The highest BCUT2D eigenvalue weighted by molar-refractivity contribution is 5.50. The van der Waals surface area contributed by atoms with Crippen molar-refractivity contribution >= 4 is 0 Å². The zero-order valence-corrected chi connectivity index (χ0v) is 14.1. The topological polar surface area (TPSA) is 33.1 Å². The van der Waals surface area contributed by atoms with Crippen molar-refractivity contribution in [2.24, 2.45) is 5.92 Å². The first-order valence-corrected chi connectivity index (χ1v) is 9.08. The van der Waals surface area contributed by atoms with Gasteiger partial charge in [0.15, 0.2) is 0 Å². The lowest BCUT2D eigenvalue weighted by molar-refractivity contribution is 0.405. The van der Waals surface area contributed by atoms with Crippen LogP contribution in [0.4, 0.5) is 0 Å². The van der Waals surface area contributed by atoms with Gasteiger partial charge in [0.25, 0.3) is 0 Å². The SMILES string of the molecule is Oc1ccc2c(c1)C1CC(C3=CC=CC3)=CC1C(c1cccnc1)C2. The molecule has 0 saturated heterocycles. The minimum Gasteiger partial charge on any atom is -0.508 e. The fourth-order valence-electron chi connectivity index (χ4n) is 4.85. The first-order chi connectivity index (χ1) is 12.3. The highest BCUT2D eigenvalue weighted by atomic mass is 16.3. The molecule has 25 heavy (non-hydrogen) atoms. The van der Waals surface area contributed by atoms with Crippen LogP contribution in [0.1, 0.15) is 41.4 Å². The predicted octanol–water partition coefficient (Wildman–Crippen LogP) is 5.04. The van der Waals surface area contributed by atoms with Gasteiger partial charge in [-0.25, -0.2) is 0 Å². The molecule has 0 aliphatic heterocycles. The Morgan fingerprint density at radius 3 is 2.80 bits per heavy atom. The molecule has 0 bridgehead atoms. The second-order valence-corrected chi connectivity index (χ2v) is 7.38. The molecule has 2 heteroatoms. The molecule has 1 heterocycles. The Kier molecular flexibility index (Phi) is 3.37. The summed E-state index contributed by atoms with van der Waals surface area (Å²) in [5.41, 5.74) is 6.99. The molecular formula is C23H21NO.